The van der Waals surface area contributed by atoms with Crippen molar-refractivity contribution >= 4 is 10.0 Å². The minimum absolute atomic E-state index is 0.274. The molecule has 0 atom stereocenters. The average molecular weight is 332 g/mol. The number of benzene rings is 2. The first-order chi connectivity index (χ1) is 10.9. The van der Waals surface area contributed by atoms with Gasteiger partial charge in [0.2, 0.25) is 10.0 Å². The second-order valence-corrected chi connectivity index (χ2v) is 7.77. The lowest BCUT2D eigenvalue weighted by Gasteiger charge is -2.10. The number of sulfonamides is 1. The van der Waals surface area contributed by atoms with Gasteiger partial charge in [0.05, 0.1) is 4.90 Å². The lowest BCUT2D eigenvalue weighted by Crippen LogP contribution is -2.27. The lowest BCUT2D eigenvalue weighted by molar-refractivity contribution is 0.560. The van der Waals surface area contributed by atoms with Crippen LogP contribution in [-0.2, 0) is 16.4 Å². The molecule has 5 heteroatoms. The van der Waals surface area contributed by atoms with Gasteiger partial charge in [0.25, 0.3) is 0 Å². The molecule has 0 amide bonds. The molecular weight excluding hydrogens is 308 g/mol. The molecule has 0 spiro atoms. The van der Waals surface area contributed by atoms with Gasteiger partial charge in [0, 0.05) is 6.54 Å². The first kappa shape index (κ1) is 17.7. The third-order valence-corrected chi connectivity index (χ3v) is 5.01. The van der Waals surface area contributed by atoms with Gasteiger partial charge in [0.1, 0.15) is 0 Å². The van der Waals surface area contributed by atoms with Gasteiger partial charge in [-0.1, -0.05) is 50.2 Å². The van der Waals surface area contributed by atoms with Crippen molar-refractivity contribution < 1.29 is 8.42 Å². The summed E-state index contributed by atoms with van der Waals surface area (Å²) in [4.78, 5) is 0.293. The van der Waals surface area contributed by atoms with Crippen molar-refractivity contribution in [2.24, 2.45) is 11.7 Å². The van der Waals surface area contributed by atoms with Crippen LogP contribution in [0.25, 0.3) is 11.1 Å². The van der Waals surface area contributed by atoms with E-state index in [1.807, 2.05) is 38.1 Å². The molecule has 2 rings (SSSR count). The van der Waals surface area contributed by atoms with Crippen LogP contribution in [0.1, 0.15) is 19.4 Å². The van der Waals surface area contributed by atoms with Crippen LogP contribution in [0.5, 0.6) is 0 Å². The Balaban J connectivity index is 2.15. The van der Waals surface area contributed by atoms with E-state index in [0.29, 0.717) is 18.0 Å². The molecule has 0 aromatic heterocycles. The van der Waals surface area contributed by atoms with E-state index in [-0.39, 0.29) is 5.92 Å². The van der Waals surface area contributed by atoms with Gasteiger partial charge < -0.3 is 5.73 Å². The highest BCUT2D eigenvalue weighted by molar-refractivity contribution is 7.89. The average Bonchev–Trinajstić information content (AvgIpc) is 2.54. The highest BCUT2D eigenvalue weighted by atomic mass is 32.2. The number of rotatable bonds is 7. The summed E-state index contributed by atoms with van der Waals surface area (Å²) in [5, 5.41) is 0. The fraction of sp³-hybridized carbons (Fsp3) is 0.333. The summed E-state index contributed by atoms with van der Waals surface area (Å²) >= 11 is 0. The monoisotopic (exact) mass is 332 g/mol. The number of hydrogen-bond donors (Lipinski definition) is 2. The molecule has 4 nitrogen and oxygen atoms in total. The van der Waals surface area contributed by atoms with Gasteiger partial charge in [-0.05, 0) is 47.7 Å². The summed E-state index contributed by atoms with van der Waals surface area (Å²) in [6, 6.07) is 15.1. The zero-order valence-corrected chi connectivity index (χ0v) is 14.4. The van der Waals surface area contributed by atoms with Crippen LogP contribution in [0.4, 0.5) is 0 Å². The fourth-order valence-corrected chi connectivity index (χ4v) is 3.43. The van der Waals surface area contributed by atoms with Gasteiger partial charge in [-0.3, -0.25) is 0 Å². The standard InChI is InChI=1S/C18H24N2O2S/c1-14(2)13-20-23(21,22)18-9-7-17(8-10-18)16-5-3-15(4-6-16)11-12-19/h3-10,14,20H,11-13,19H2,1-2H3. The van der Waals surface area contributed by atoms with Crippen molar-refractivity contribution in [3.63, 3.8) is 0 Å². The zero-order valence-electron chi connectivity index (χ0n) is 13.6. The van der Waals surface area contributed by atoms with Gasteiger partial charge in [-0.2, -0.15) is 0 Å². The van der Waals surface area contributed by atoms with Crippen molar-refractivity contribution in [2.75, 3.05) is 13.1 Å². The van der Waals surface area contributed by atoms with Crippen LogP contribution in [0, 0.1) is 5.92 Å². The molecule has 0 heterocycles. The SMILES string of the molecule is CC(C)CNS(=O)(=O)c1ccc(-c2ccc(CCN)cc2)cc1. The Bertz CT molecular complexity index is 721. The lowest BCUT2D eigenvalue weighted by atomic mass is 10.0. The first-order valence-corrected chi connectivity index (χ1v) is 9.30. The van der Waals surface area contributed by atoms with Crippen molar-refractivity contribution in [2.45, 2.75) is 25.2 Å². The Morgan fingerprint density at radius 2 is 1.48 bits per heavy atom. The van der Waals surface area contributed by atoms with E-state index in [0.717, 1.165) is 17.5 Å². The molecule has 0 aliphatic rings. The summed E-state index contributed by atoms with van der Waals surface area (Å²) in [6.07, 6.45) is 0.860. The van der Waals surface area contributed by atoms with Crippen LogP contribution in [0.15, 0.2) is 53.4 Å². The Labute approximate surface area is 138 Å². The van der Waals surface area contributed by atoms with E-state index in [9.17, 15) is 8.42 Å². The van der Waals surface area contributed by atoms with Crippen molar-refractivity contribution in [3.8, 4) is 11.1 Å². The van der Waals surface area contributed by atoms with Gasteiger partial charge >= 0.3 is 0 Å². The molecule has 2 aromatic carbocycles. The first-order valence-electron chi connectivity index (χ1n) is 7.81. The molecular formula is C18H24N2O2S. The highest BCUT2D eigenvalue weighted by Gasteiger charge is 2.14. The normalized spacial score (nSPS) is 11.8. The molecule has 3 N–H and O–H groups in total. The van der Waals surface area contributed by atoms with E-state index in [2.05, 4.69) is 16.9 Å². The molecule has 0 bridgehead atoms. The third kappa shape index (κ3) is 4.89. The molecule has 0 unspecified atom stereocenters. The van der Waals surface area contributed by atoms with E-state index in [4.69, 9.17) is 5.73 Å². The van der Waals surface area contributed by atoms with Crippen LogP contribution in [0.2, 0.25) is 0 Å². The molecule has 124 valence electrons. The Morgan fingerprint density at radius 1 is 0.957 bits per heavy atom. The molecule has 0 saturated heterocycles. The zero-order chi connectivity index (χ0) is 16.9. The molecule has 2 aromatic rings. The number of hydrogen-bond acceptors (Lipinski definition) is 3. The summed E-state index contributed by atoms with van der Waals surface area (Å²) < 4.78 is 27.0. The molecule has 23 heavy (non-hydrogen) atoms. The number of nitrogens with two attached hydrogens (primary N) is 1. The smallest absolute Gasteiger partial charge is 0.240 e. The van der Waals surface area contributed by atoms with Gasteiger partial charge in [-0.15, -0.1) is 0 Å². The summed E-state index contributed by atoms with van der Waals surface area (Å²) in [5.41, 5.74) is 8.80. The summed E-state index contributed by atoms with van der Waals surface area (Å²) in [6.45, 7) is 5.02. The molecule has 0 aliphatic heterocycles. The Kier molecular flexibility index (Phi) is 5.93. The predicted molar refractivity (Wildman–Crippen MR) is 94.7 cm³/mol. The second kappa shape index (κ2) is 7.73. The Hall–Kier alpha value is -1.69. The largest absolute Gasteiger partial charge is 0.330 e. The van der Waals surface area contributed by atoms with E-state index < -0.39 is 10.0 Å². The quantitative estimate of drug-likeness (QED) is 0.819. The van der Waals surface area contributed by atoms with Crippen molar-refractivity contribution in [1.29, 1.82) is 0 Å². The van der Waals surface area contributed by atoms with Crippen molar-refractivity contribution in [1.82, 2.24) is 4.72 Å². The highest BCUT2D eigenvalue weighted by Crippen LogP contribution is 2.22. The molecule has 0 aliphatic carbocycles. The Morgan fingerprint density at radius 3 is 1.96 bits per heavy atom. The maximum Gasteiger partial charge on any atom is 0.240 e. The predicted octanol–water partition coefficient (Wildman–Crippen LogP) is 2.79. The number of nitrogens with one attached hydrogen (secondary N) is 1. The minimum Gasteiger partial charge on any atom is -0.330 e. The van der Waals surface area contributed by atoms with Crippen molar-refractivity contribution in [3.05, 3.63) is 54.1 Å². The maximum absolute atomic E-state index is 12.2. The molecule has 0 radical (unpaired) electrons. The fourth-order valence-electron chi connectivity index (χ4n) is 2.22. The van der Waals surface area contributed by atoms with Crippen LogP contribution in [0.3, 0.4) is 0 Å². The van der Waals surface area contributed by atoms with Crippen LogP contribution >= 0.6 is 0 Å². The summed E-state index contributed by atoms with van der Waals surface area (Å²) in [5.74, 6) is 0.274. The topological polar surface area (TPSA) is 72.2 Å². The van der Waals surface area contributed by atoms with Gasteiger partial charge in [-0.25, -0.2) is 13.1 Å². The summed E-state index contributed by atoms with van der Waals surface area (Å²) in [7, 11) is -3.43. The molecule has 0 saturated carbocycles. The van der Waals surface area contributed by atoms with E-state index in [1.165, 1.54) is 5.56 Å². The van der Waals surface area contributed by atoms with Crippen LogP contribution < -0.4 is 10.5 Å². The van der Waals surface area contributed by atoms with E-state index >= 15 is 0 Å². The third-order valence-electron chi connectivity index (χ3n) is 3.57. The minimum atomic E-state index is -3.43. The van der Waals surface area contributed by atoms with Gasteiger partial charge in [0.15, 0.2) is 0 Å². The maximum atomic E-state index is 12.2. The second-order valence-electron chi connectivity index (χ2n) is 6.01. The van der Waals surface area contributed by atoms with E-state index in [1.54, 1.807) is 12.1 Å². The van der Waals surface area contributed by atoms with Crippen LogP contribution in [-0.4, -0.2) is 21.5 Å². The molecule has 0 fully saturated rings.